The molecule has 0 radical (unpaired) electrons. The second-order valence-corrected chi connectivity index (χ2v) is 5.43. The van der Waals surface area contributed by atoms with E-state index in [1.807, 2.05) is 25.2 Å². The standard InChI is InChI=1S/C15H21NO/c1-11(16-4)10-15(2,3)14-9-12-7-5-6-8-13(12)17-14/h5-9,11,16H,10H2,1-4H3. The van der Waals surface area contributed by atoms with Gasteiger partial charge in [-0.1, -0.05) is 32.0 Å². The van der Waals surface area contributed by atoms with Crippen molar-refractivity contribution in [1.82, 2.24) is 5.32 Å². The molecule has 0 bridgehead atoms. The highest BCUT2D eigenvalue weighted by atomic mass is 16.3. The zero-order chi connectivity index (χ0) is 12.5. The number of furan rings is 1. The molecule has 1 heterocycles. The van der Waals surface area contributed by atoms with Crippen LogP contribution in [0.5, 0.6) is 0 Å². The Hall–Kier alpha value is -1.28. The van der Waals surface area contributed by atoms with E-state index in [9.17, 15) is 0 Å². The summed E-state index contributed by atoms with van der Waals surface area (Å²) in [6.45, 7) is 6.67. The second kappa shape index (κ2) is 4.53. The lowest BCUT2D eigenvalue weighted by molar-refractivity contribution is 0.341. The number of hydrogen-bond donors (Lipinski definition) is 1. The Morgan fingerprint density at radius 1 is 1.29 bits per heavy atom. The Morgan fingerprint density at radius 2 is 2.00 bits per heavy atom. The van der Waals surface area contributed by atoms with E-state index in [2.05, 4.69) is 38.2 Å². The molecule has 2 aromatic rings. The highest BCUT2D eigenvalue weighted by Gasteiger charge is 2.26. The molecule has 0 saturated heterocycles. The first-order valence-electron chi connectivity index (χ1n) is 6.19. The number of nitrogens with one attached hydrogen (secondary N) is 1. The van der Waals surface area contributed by atoms with Crippen LogP contribution >= 0.6 is 0 Å². The number of hydrogen-bond acceptors (Lipinski definition) is 2. The fraction of sp³-hybridized carbons (Fsp3) is 0.467. The zero-order valence-corrected chi connectivity index (χ0v) is 11.1. The summed E-state index contributed by atoms with van der Waals surface area (Å²) in [7, 11) is 2.00. The summed E-state index contributed by atoms with van der Waals surface area (Å²) in [4.78, 5) is 0. The van der Waals surface area contributed by atoms with Gasteiger partial charge in [0, 0.05) is 16.8 Å². The topological polar surface area (TPSA) is 25.2 Å². The van der Waals surface area contributed by atoms with Crippen LogP contribution in [0.15, 0.2) is 34.7 Å². The van der Waals surface area contributed by atoms with Crippen LogP contribution in [0, 0.1) is 0 Å². The molecule has 1 aromatic heterocycles. The molecule has 0 fully saturated rings. The number of rotatable bonds is 4. The Bertz CT molecular complexity index is 465. The Morgan fingerprint density at radius 3 is 2.65 bits per heavy atom. The predicted octanol–water partition coefficient (Wildman–Crippen LogP) is 3.71. The van der Waals surface area contributed by atoms with Crippen molar-refractivity contribution < 1.29 is 4.42 Å². The maximum Gasteiger partial charge on any atom is 0.134 e. The lowest BCUT2D eigenvalue weighted by Crippen LogP contribution is -2.30. The van der Waals surface area contributed by atoms with Crippen molar-refractivity contribution in [3.8, 4) is 0 Å². The summed E-state index contributed by atoms with van der Waals surface area (Å²) in [5, 5.41) is 4.47. The molecule has 0 amide bonds. The summed E-state index contributed by atoms with van der Waals surface area (Å²) in [5.41, 5.74) is 1.04. The molecule has 2 rings (SSSR count). The van der Waals surface area contributed by atoms with E-state index in [4.69, 9.17) is 4.42 Å². The molecule has 2 nitrogen and oxygen atoms in total. The van der Waals surface area contributed by atoms with Crippen LogP contribution in [0.2, 0.25) is 0 Å². The maximum atomic E-state index is 5.95. The molecule has 1 unspecified atom stereocenters. The SMILES string of the molecule is CNC(C)CC(C)(C)c1cc2ccccc2o1. The van der Waals surface area contributed by atoms with Gasteiger partial charge in [-0.15, -0.1) is 0 Å². The van der Waals surface area contributed by atoms with Gasteiger partial charge in [0.25, 0.3) is 0 Å². The van der Waals surface area contributed by atoms with Gasteiger partial charge in [-0.05, 0) is 32.5 Å². The zero-order valence-electron chi connectivity index (χ0n) is 11.1. The van der Waals surface area contributed by atoms with Gasteiger partial charge in [-0.25, -0.2) is 0 Å². The van der Waals surface area contributed by atoms with Crippen LogP contribution < -0.4 is 5.32 Å². The van der Waals surface area contributed by atoms with E-state index >= 15 is 0 Å². The lowest BCUT2D eigenvalue weighted by atomic mass is 9.83. The van der Waals surface area contributed by atoms with E-state index in [0.29, 0.717) is 6.04 Å². The molecule has 17 heavy (non-hydrogen) atoms. The third kappa shape index (κ3) is 2.52. The first kappa shape index (κ1) is 12.2. The van der Waals surface area contributed by atoms with Gasteiger partial charge >= 0.3 is 0 Å². The largest absolute Gasteiger partial charge is 0.461 e. The van der Waals surface area contributed by atoms with Gasteiger partial charge < -0.3 is 9.73 Å². The van der Waals surface area contributed by atoms with Gasteiger partial charge in [0.15, 0.2) is 0 Å². The molecule has 0 aliphatic heterocycles. The molecule has 2 heteroatoms. The first-order valence-corrected chi connectivity index (χ1v) is 6.19. The van der Waals surface area contributed by atoms with E-state index < -0.39 is 0 Å². The first-order chi connectivity index (χ1) is 8.03. The minimum Gasteiger partial charge on any atom is -0.461 e. The second-order valence-electron chi connectivity index (χ2n) is 5.43. The quantitative estimate of drug-likeness (QED) is 0.867. The Balaban J connectivity index is 2.31. The molecule has 1 N–H and O–H groups in total. The number of fused-ring (bicyclic) bond motifs is 1. The lowest BCUT2D eigenvalue weighted by Gasteiger charge is -2.25. The van der Waals surface area contributed by atoms with E-state index in [0.717, 1.165) is 17.8 Å². The van der Waals surface area contributed by atoms with Crippen LogP contribution in [-0.2, 0) is 5.41 Å². The van der Waals surface area contributed by atoms with E-state index in [1.54, 1.807) is 0 Å². The molecule has 0 saturated carbocycles. The van der Waals surface area contributed by atoms with E-state index in [-0.39, 0.29) is 5.41 Å². The van der Waals surface area contributed by atoms with Crippen molar-refractivity contribution in [3.63, 3.8) is 0 Å². The average Bonchev–Trinajstić information content (AvgIpc) is 2.72. The summed E-state index contributed by atoms with van der Waals surface area (Å²) in [5.74, 6) is 1.07. The fourth-order valence-corrected chi connectivity index (χ4v) is 2.28. The molecule has 1 aromatic carbocycles. The van der Waals surface area contributed by atoms with Crippen LogP contribution in [0.25, 0.3) is 11.0 Å². The molecule has 0 aliphatic carbocycles. The highest BCUT2D eigenvalue weighted by molar-refractivity contribution is 5.77. The normalized spacial score (nSPS) is 14.1. The van der Waals surface area contributed by atoms with Crippen LogP contribution in [0.1, 0.15) is 33.0 Å². The third-order valence-corrected chi connectivity index (χ3v) is 3.40. The predicted molar refractivity (Wildman–Crippen MR) is 72.4 cm³/mol. The minimum absolute atomic E-state index is 0.0570. The monoisotopic (exact) mass is 231 g/mol. The summed E-state index contributed by atoms with van der Waals surface area (Å²) in [6, 6.07) is 10.8. The molecule has 1 atom stereocenters. The number of para-hydroxylation sites is 1. The molecular formula is C15H21NO. The molecule has 0 aliphatic rings. The van der Waals surface area contributed by atoms with Crippen LogP contribution in [0.4, 0.5) is 0 Å². The van der Waals surface area contributed by atoms with E-state index in [1.165, 1.54) is 5.39 Å². The summed E-state index contributed by atoms with van der Waals surface area (Å²) < 4.78 is 5.95. The van der Waals surface area contributed by atoms with Crippen molar-refractivity contribution >= 4 is 11.0 Å². The van der Waals surface area contributed by atoms with Gasteiger partial charge in [-0.3, -0.25) is 0 Å². The molecular weight excluding hydrogens is 210 g/mol. The van der Waals surface area contributed by atoms with Crippen molar-refractivity contribution in [3.05, 3.63) is 36.1 Å². The Labute approximate surface area is 103 Å². The fourth-order valence-electron chi connectivity index (χ4n) is 2.28. The average molecular weight is 231 g/mol. The van der Waals surface area contributed by atoms with Gasteiger partial charge in [-0.2, -0.15) is 0 Å². The Kier molecular flexibility index (Phi) is 3.25. The van der Waals surface area contributed by atoms with Gasteiger partial charge in [0.05, 0.1) is 0 Å². The third-order valence-electron chi connectivity index (χ3n) is 3.40. The van der Waals surface area contributed by atoms with Crippen molar-refractivity contribution in [2.24, 2.45) is 0 Å². The minimum atomic E-state index is 0.0570. The smallest absolute Gasteiger partial charge is 0.134 e. The summed E-state index contributed by atoms with van der Waals surface area (Å²) >= 11 is 0. The van der Waals surface area contributed by atoms with Crippen LogP contribution in [-0.4, -0.2) is 13.1 Å². The van der Waals surface area contributed by atoms with Crippen molar-refractivity contribution in [2.45, 2.75) is 38.6 Å². The molecule has 0 spiro atoms. The van der Waals surface area contributed by atoms with Crippen molar-refractivity contribution in [1.29, 1.82) is 0 Å². The van der Waals surface area contributed by atoms with Crippen LogP contribution in [0.3, 0.4) is 0 Å². The number of benzene rings is 1. The van der Waals surface area contributed by atoms with Gasteiger partial charge in [0.2, 0.25) is 0 Å². The van der Waals surface area contributed by atoms with Gasteiger partial charge in [0.1, 0.15) is 11.3 Å². The maximum absolute atomic E-state index is 5.95. The molecule has 92 valence electrons. The van der Waals surface area contributed by atoms with Crippen molar-refractivity contribution in [2.75, 3.05) is 7.05 Å². The summed E-state index contributed by atoms with van der Waals surface area (Å²) in [6.07, 6.45) is 1.06. The highest BCUT2D eigenvalue weighted by Crippen LogP contribution is 2.32.